The van der Waals surface area contributed by atoms with Crippen LogP contribution < -0.4 is 9.62 Å². The minimum atomic E-state index is -3.72. The van der Waals surface area contributed by atoms with Crippen molar-refractivity contribution >= 4 is 33.0 Å². The third-order valence-corrected chi connectivity index (χ3v) is 6.26. The van der Waals surface area contributed by atoms with Gasteiger partial charge in [-0.05, 0) is 48.4 Å². The van der Waals surface area contributed by atoms with Crippen LogP contribution in [0.5, 0.6) is 0 Å². The van der Waals surface area contributed by atoms with Crippen molar-refractivity contribution in [1.82, 2.24) is 0 Å². The predicted molar refractivity (Wildman–Crippen MR) is 112 cm³/mol. The number of rotatable bonds is 5. The van der Waals surface area contributed by atoms with Gasteiger partial charge >= 0.3 is 0 Å². The lowest BCUT2D eigenvalue weighted by atomic mass is 10.1. The summed E-state index contributed by atoms with van der Waals surface area (Å²) in [5.74, 6) is -0.299. The maximum absolute atomic E-state index is 12.9. The molecule has 0 bridgehead atoms. The minimum Gasteiger partial charge on any atom is -0.308 e. The zero-order chi connectivity index (χ0) is 21.3. The second-order valence-electron chi connectivity index (χ2n) is 6.77. The van der Waals surface area contributed by atoms with Crippen LogP contribution in [0.3, 0.4) is 0 Å². The first-order chi connectivity index (χ1) is 14.3. The van der Waals surface area contributed by atoms with Gasteiger partial charge in [-0.1, -0.05) is 24.3 Å². The van der Waals surface area contributed by atoms with E-state index in [1.165, 1.54) is 53.4 Å². The Morgan fingerprint density at radius 3 is 2.37 bits per heavy atom. The number of nitrogens with one attached hydrogen (secondary N) is 1. The van der Waals surface area contributed by atoms with E-state index < -0.39 is 14.9 Å². The molecular weight excluding hydrogens is 406 g/mol. The lowest BCUT2D eigenvalue weighted by molar-refractivity contribution is -0.384. The molecule has 3 aromatic carbocycles. The maximum atomic E-state index is 12.9. The van der Waals surface area contributed by atoms with E-state index in [0.717, 1.165) is 5.56 Å². The summed E-state index contributed by atoms with van der Waals surface area (Å²) in [7, 11) is -3.72. The lowest BCUT2D eigenvalue weighted by Gasteiger charge is -2.17. The van der Waals surface area contributed by atoms with Crippen LogP contribution in [-0.2, 0) is 16.4 Å². The molecule has 0 aliphatic carbocycles. The molecule has 9 heteroatoms. The van der Waals surface area contributed by atoms with Crippen LogP contribution in [0.25, 0.3) is 0 Å². The van der Waals surface area contributed by atoms with Gasteiger partial charge < -0.3 is 4.90 Å². The molecule has 0 saturated carbocycles. The Labute approximate surface area is 173 Å². The maximum Gasteiger partial charge on any atom is 0.271 e. The topological polar surface area (TPSA) is 110 Å². The van der Waals surface area contributed by atoms with E-state index in [1.54, 1.807) is 24.3 Å². The second kappa shape index (κ2) is 7.60. The third kappa shape index (κ3) is 3.74. The molecule has 1 aliphatic heterocycles. The van der Waals surface area contributed by atoms with Gasteiger partial charge in [-0.3, -0.25) is 19.6 Å². The van der Waals surface area contributed by atoms with Crippen molar-refractivity contribution < 1.29 is 18.1 Å². The average molecular weight is 423 g/mol. The van der Waals surface area contributed by atoms with Crippen LogP contribution in [0, 0.1) is 10.1 Å². The first kappa shape index (κ1) is 19.6. The van der Waals surface area contributed by atoms with Crippen molar-refractivity contribution in [2.75, 3.05) is 16.2 Å². The number of fused-ring (bicyclic) bond motifs is 1. The normalized spacial score (nSPS) is 13.0. The molecular formula is C21H17N3O5S. The van der Waals surface area contributed by atoms with E-state index in [4.69, 9.17) is 0 Å². The average Bonchev–Trinajstić information content (AvgIpc) is 3.17. The Morgan fingerprint density at radius 2 is 1.70 bits per heavy atom. The Hall–Kier alpha value is -3.72. The van der Waals surface area contributed by atoms with Crippen molar-refractivity contribution in [1.29, 1.82) is 0 Å². The first-order valence-corrected chi connectivity index (χ1v) is 10.6. The van der Waals surface area contributed by atoms with Crippen molar-refractivity contribution in [2.45, 2.75) is 11.3 Å². The fraction of sp³-hybridized carbons (Fsp3) is 0.0952. The zero-order valence-corrected chi connectivity index (χ0v) is 16.5. The number of nitrogens with zero attached hydrogens (tertiary/aromatic N) is 2. The number of amides is 1. The van der Waals surface area contributed by atoms with Crippen LogP contribution in [0.1, 0.15) is 15.9 Å². The van der Waals surface area contributed by atoms with E-state index >= 15 is 0 Å². The molecule has 0 atom stereocenters. The van der Waals surface area contributed by atoms with E-state index in [1.807, 2.05) is 0 Å². The van der Waals surface area contributed by atoms with Crippen molar-refractivity contribution in [3.8, 4) is 0 Å². The summed E-state index contributed by atoms with van der Waals surface area (Å²) in [5.41, 5.74) is 2.02. The number of hydrogen-bond donors (Lipinski definition) is 1. The molecule has 0 unspecified atom stereocenters. The van der Waals surface area contributed by atoms with Crippen LogP contribution in [0.4, 0.5) is 17.1 Å². The van der Waals surface area contributed by atoms with Gasteiger partial charge in [0.1, 0.15) is 0 Å². The number of non-ortho nitro benzene ring substituents is 1. The molecule has 0 radical (unpaired) electrons. The van der Waals surface area contributed by atoms with Gasteiger partial charge in [-0.15, -0.1) is 0 Å². The van der Waals surface area contributed by atoms with Crippen LogP contribution in [0.15, 0.2) is 77.7 Å². The fourth-order valence-corrected chi connectivity index (χ4v) is 4.42. The Kier molecular flexibility index (Phi) is 4.96. The second-order valence-corrected chi connectivity index (χ2v) is 8.46. The molecule has 1 aliphatic rings. The molecule has 8 nitrogen and oxygen atoms in total. The molecule has 1 amide bonds. The monoisotopic (exact) mass is 423 g/mol. The minimum absolute atomic E-state index is 0.0703. The number of carbonyl (C=O) groups is 1. The summed E-state index contributed by atoms with van der Waals surface area (Å²) in [5, 5.41) is 11.0. The summed E-state index contributed by atoms with van der Waals surface area (Å²) in [4.78, 5) is 25.1. The van der Waals surface area contributed by atoms with Crippen molar-refractivity contribution in [3.05, 3.63) is 94.0 Å². The van der Waals surface area contributed by atoms with E-state index in [2.05, 4.69) is 4.72 Å². The quantitative estimate of drug-likeness (QED) is 0.498. The summed E-state index contributed by atoms with van der Waals surface area (Å²) in [6.45, 7) is 0.428. The largest absolute Gasteiger partial charge is 0.308 e. The van der Waals surface area contributed by atoms with Crippen molar-refractivity contribution in [2.24, 2.45) is 0 Å². The smallest absolute Gasteiger partial charge is 0.271 e. The van der Waals surface area contributed by atoms with Gasteiger partial charge in [0.25, 0.3) is 21.6 Å². The predicted octanol–water partition coefficient (Wildman–Crippen LogP) is 3.60. The SMILES string of the molecule is O=C(c1ccc(NS(=O)(=O)c2ccccc2)cc1)N1CCc2ccc([N+](=O)[O-])cc21. The Bertz CT molecular complexity index is 1230. The van der Waals surface area contributed by atoms with Crippen LogP contribution in [-0.4, -0.2) is 25.8 Å². The summed E-state index contributed by atoms with van der Waals surface area (Å²) in [6, 6.07) is 18.6. The molecule has 1 heterocycles. The number of sulfonamides is 1. The standard InChI is InChI=1S/C21H17N3O5S/c25-21(23-13-12-15-8-11-18(24(26)27)14-20(15)23)16-6-9-17(10-7-16)22-30(28,29)19-4-2-1-3-5-19/h1-11,14,22H,12-13H2. The number of benzene rings is 3. The summed E-state index contributed by atoms with van der Waals surface area (Å²) in [6.07, 6.45) is 0.619. The van der Waals surface area contributed by atoms with E-state index in [0.29, 0.717) is 29.9 Å². The number of carbonyl (C=O) groups excluding carboxylic acids is 1. The highest BCUT2D eigenvalue weighted by Gasteiger charge is 2.27. The zero-order valence-electron chi connectivity index (χ0n) is 15.7. The van der Waals surface area contributed by atoms with E-state index in [-0.39, 0.29) is 16.5 Å². The molecule has 30 heavy (non-hydrogen) atoms. The highest BCUT2D eigenvalue weighted by atomic mass is 32.2. The molecule has 0 saturated heterocycles. The Morgan fingerprint density at radius 1 is 1.00 bits per heavy atom. The highest BCUT2D eigenvalue weighted by Crippen LogP contribution is 2.32. The van der Waals surface area contributed by atoms with Gasteiger partial charge in [0.15, 0.2) is 0 Å². The highest BCUT2D eigenvalue weighted by molar-refractivity contribution is 7.92. The molecule has 3 aromatic rings. The van der Waals surface area contributed by atoms with Gasteiger partial charge in [-0.2, -0.15) is 0 Å². The lowest BCUT2D eigenvalue weighted by Crippen LogP contribution is -2.28. The molecule has 0 aromatic heterocycles. The molecule has 152 valence electrons. The number of anilines is 2. The fourth-order valence-electron chi connectivity index (χ4n) is 3.34. The molecule has 1 N–H and O–H groups in total. The summed E-state index contributed by atoms with van der Waals surface area (Å²) >= 11 is 0. The molecule has 0 fully saturated rings. The van der Waals surface area contributed by atoms with Gasteiger partial charge in [0.2, 0.25) is 0 Å². The van der Waals surface area contributed by atoms with Crippen LogP contribution in [0.2, 0.25) is 0 Å². The van der Waals surface area contributed by atoms with Crippen LogP contribution >= 0.6 is 0 Å². The number of nitro benzene ring substituents is 1. The van der Waals surface area contributed by atoms with Gasteiger partial charge in [-0.25, -0.2) is 8.42 Å². The first-order valence-electron chi connectivity index (χ1n) is 9.12. The summed E-state index contributed by atoms with van der Waals surface area (Å²) < 4.78 is 27.3. The van der Waals surface area contributed by atoms with Crippen molar-refractivity contribution in [3.63, 3.8) is 0 Å². The van der Waals surface area contributed by atoms with E-state index in [9.17, 15) is 23.3 Å². The third-order valence-electron chi connectivity index (χ3n) is 4.86. The van der Waals surface area contributed by atoms with Gasteiger partial charge in [0, 0.05) is 29.9 Å². The number of hydrogen-bond acceptors (Lipinski definition) is 5. The molecule has 0 spiro atoms. The number of nitro groups is 1. The van der Waals surface area contributed by atoms with Gasteiger partial charge in [0.05, 0.1) is 15.5 Å². The Balaban J connectivity index is 1.54. The molecule has 4 rings (SSSR count).